The number of benzene rings is 1. The molecule has 2 atom stereocenters. The standard InChI is InChI=1S/C14H20N2O4/c1-20-14-8-11(6-7-13(14)16(18)19)15-12-5-3-2-4-10(12)9-17/h6-8,10,12,15,17H,2-5,9H2,1H3. The largest absolute Gasteiger partial charge is 0.490 e. The van der Waals surface area contributed by atoms with Crippen molar-refractivity contribution >= 4 is 11.4 Å². The van der Waals surface area contributed by atoms with E-state index in [0.29, 0.717) is 0 Å². The number of anilines is 1. The highest BCUT2D eigenvalue weighted by molar-refractivity contribution is 5.58. The zero-order chi connectivity index (χ0) is 14.5. The van der Waals surface area contributed by atoms with Gasteiger partial charge in [-0.05, 0) is 18.9 Å². The number of methoxy groups -OCH3 is 1. The molecular weight excluding hydrogens is 260 g/mol. The molecular formula is C14H20N2O4. The lowest BCUT2D eigenvalue weighted by Crippen LogP contribution is -2.34. The first kappa shape index (κ1) is 14.6. The molecule has 20 heavy (non-hydrogen) atoms. The maximum Gasteiger partial charge on any atom is 0.311 e. The van der Waals surface area contributed by atoms with Crippen LogP contribution in [0.2, 0.25) is 0 Å². The number of aliphatic hydroxyl groups excluding tert-OH is 1. The maximum atomic E-state index is 10.9. The second-order valence-corrected chi connectivity index (χ2v) is 5.12. The molecule has 1 aromatic rings. The van der Waals surface area contributed by atoms with Crippen molar-refractivity contribution in [1.29, 1.82) is 0 Å². The Hall–Kier alpha value is -1.82. The molecule has 1 fully saturated rings. The first-order chi connectivity index (χ1) is 9.65. The molecule has 2 unspecified atom stereocenters. The van der Waals surface area contributed by atoms with Gasteiger partial charge in [-0.15, -0.1) is 0 Å². The molecule has 1 aliphatic rings. The van der Waals surface area contributed by atoms with E-state index in [9.17, 15) is 15.2 Å². The Labute approximate surface area is 117 Å². The Morgan fingerprint density at radius 2 is 2.20 bits per heavy atom. The molecule has 2 N–H and O–H groups in total. The minimum atomic E-state index is -0.459. The first-order valence-corrected chi connectivity index (χ1v) is 6.85. The second-order valence-electron chi connectivity index (χ2n) is 5.12. The van der Waals surface area contributed by atoms with E-state index in [-0.39, 0.29) is 30.0 Å². The van der Waals surface area contributed by atoms with Crippen LogP contribution in [0.15, 0.2) is 18.2 Å². The number of nitrogens with one attached hydrogen (secondary N) is 1. The van der Waals surface area contributed by atoms with E-state index in [2.05, 4.69) is 5.32 Å². The van der Waals surface area contributed by atoms with Gasteiger partial charge in [0.15, 0.2) is 5.75 Å². The summed E-state index contributed by atoms with van der Waals surface area (Å²) < 4.78 is 5.06. The Morgan fingerprint density at radius 3 is 2.85 bits per heavy atom. The molecule has 1 aliphatic carbocycles. The van der Waals surface area contributed by atoms with Crippen molar-refractivity contribution in [2.45, 2.75) is 31.7 Å². The van der Waals surface area contributed by atoms with Gasteiger partial charge >= 0.3 is 5.69 Å². The fourth-order valence-corrected chi connectivity index (χ4v) is 2.75. The molecule has 110 valence electrons. The van der Waals surface area contributed by atoms with Gasteiger partial charge in [0.05, 0.1) is 12.0 Å². The lowest BCUT2D eigenvalue weighted by atomic mass is 9.85. The number of ether oxygens (including phenoxy) is 1. The molecule has 0 heterocycles. The fourth-order valence-electron chi connectivity index (χ4n) is 2.75. The monoisotopic (exact) mass is 280 g/mol. The zero-order valence-corrected chi connectivity index (χ0v) is 11.5. The maximum absolute atomic E-state index is 10.9. The lowest BCUT2D eigenvalue weighted by Gasteiger charge is -2.31. The Morgan fingerprint density at radius 1 is 1.45 bits per heavy atom. The van der Waals surface area contributed by atoms with Crippen molar-refractivity contribution < 1.29 is 14.8 Å². The Balaban J connectivity index is 2.14. The molecule has 0 amide bonds. The van der Waals surface area contributed by atoms with Crippen molar-refractivity contribution in [3.8, 4) is 5.75 Å². The zero-order valence-electron chi connectivity index (χ0n) is 11.5. The van der Waals surface area contributed by atoms with Gasteiger partial charge in [0.1, 0.15) is 0 Å². The molecule has 1 aromatic carbocycles. The van der Waals surface area contributed by atoms with Gasteiger partial charge in [0.2, 0.25) is 0 Å². The number of nitrogens with zero attached hydrogens (tertiary/aromatic N) is 1. The SMILES string of the molecule is COc1cc(NC2CCCCC2CO)ccc1[N+](=O)[O-]. The van der Waals surface area contributed by atoms with Gasteiger partial charge in [-0.2, -0.15) is 0 Å². The first-order valence-electron chi connectivity index (χ1n) is 6.85. The second kappa shape index (κ2) is 6.56. The smallest absolute Gasteiger partial charge is 0.311 e. The molecule has 6 heteroatoms. The summed E-state index contributed by atoms with van der Waals surface area (Å²) in [6.07, 6.45) is 4.30. The van der Waals surface area contributed by atoms with E-state index in [1.54, 1.807) is 12.1 Å². The molecule has 0 bridgehead atoms. The quantitative estimate of drug-likeness (QED) is 0.639. The van der Waals surface area contributed by atoms with Crippen LogP contribution in [0, 0.1) is 16.0 Å². The van der Waals surface area contributed by atoms with Crippen molar-refractivity contribution in [2.24, 2.45) is 5.92 Å². The van der Waals surface area contributed by atoms with Gasteiger partial charge in [0, 0.05) is 36.4 Å². The van der Waals surface area contributed by atoms with Crippen LogP contribution in [0.4, 0.5) is 11.4 Å². The summed E-state index contributed by atoms with van der Waals surface area (Å²) in [6.45, 7) is 0.168. The van der Waals surface area contributed by atoms with E-state index < -0.39 is 4.92 Å². The van der Waals surface area contributed by atoms with Gasteiger partial charge in [-0.1, -0.05) is 12.8 Å². The lowest BCUT2D eigenvalue weighted by molar-refractivity contribution is -0.385. The average Bonchev–Trinajstić information content (AvgIpc) is 2.47. The van der Waals surface area contributed by atoms with Crippen molar-refractivity contribution in [1.82, 2.24) is 0 Å². The molecule has 0 radical (unpaired) electrons. The predicted octanol–water partition coefficient (Wildman–Crippen LogP) is 2.57. The average molecular weight is 280 g/mol. The summed E-state index contributed by atoms with van der Waals surface area (Å²) in [4.78, 5) is 10.4. The molecule has 0 aliphatic heterocycles. The highest BCUT2D eigenvalue weighted by Crippen LogP contribution is 2.32. The highest BCUT2D eigenvalue weighted by atomic mass is 16.6. The molecule has 6 nitrogen and oxygen atoms in total. The van der Waals surface area contributed by atoms with Crippen LogP contribution in [-0.4, -0.2) is 29.8 Å². The highest BCUT2D eigenvalue weighted by Gasteiger charge is 2.25. The summed E-state index contributed by atoms with van der Waals surface area (Å²) in [5, 5.41) is 23.6. The van der Waals surface area contributed by atoms with Crippen LogP contribution in [0.5, 0.6) is 5.75 Å². The summed E-state index contributed by atoms with van der Waals surface area (Å²) >= 11 is 0. The molecule has 2 rings (SSSR count). The number of nitro benzene ring substituents is 1. The van der Waals surface area contributed by atoms with Crippen LogP contribution in [0.25, 0.3) is 0 Å². The number of nitro groups is 1. The molecule has 0 spiro atoms. The molecule has 1 saturated carbocycles. The summed E-state index contributed by atoms with van der Waals surface area (Å²) in [6, 6.07) is 4.97. The molecule has 0 saturated heterocycles. The van der Waals surface area contributed by atoms with Crippen molar-refractivity contribution in [3.05, 3.63) is 28.3 Å². The van der Waals surface area contributed by atoms with Crippen molar-refractivity contribution in [2.75, 3.05) is 19.0 Å². The van der Waals surface area contributed by atoms with Crippen LogP contribution in [0.1, 0.15) is 25.7 Å². The number of aliphatic hydroxyl groups is 1. The van der Waals surface area contributed by atoms with Crippen LogP contribution >= 0.6 is 0 Å². The van der Waals surface area contributed by atoms with E-state index in [0.717, 1.165) is 31.4 Å². The van der Waals surface area contributed by atoms with E-state index in [1.165, 1.54) is 13.2 Å². The third-order valence-corrected chi connectivity index (χ3v) is 3.87. The van der Waals surface area contributed by atoms with Gasteiger partial charge in [-0.3, -0.25) is 10.1 Å². The van der Waals surface area contributed by atoms with Gasteiger partial charge in [-0.25, -0.2) is 0 Å². The van der Waals surface area contributed by atoms with Gasteiger partial charge < -0.3 is 15.2 Å². The summed E-state index contributed by atoms with van der Waals surface area (Å²) in [5.74, 6) is 0.487. The third-order valence-electron chi connectivity index (χ3n) is 3.87. The Bertz CT molecular complexity index is 478. The third kappa shape index (κ3) is 3.19. The molecule has 0 aromatic heterocycles. The topological polar surface area (TPSA) is 84.6 Å². The van der Waals surface area contributed by atoms with E-state index in [4.69, 9.17) is 4.74 Å². The van der Waals surface area contributed by atoms with Gasteiger partial charge in [0.25, 0.3) is 0 Å². The predicted molar refractivity (Wildman–Crippen MR) is 76.1 cm³/mol. The summed E-state index contributed by atoms with van der Waals surface area (Å²) in [7, 11) is 1.42. The number of hydrogen-bond donors (Lipinski definition) is 2. The van der Waals surface area contributed by atoms with E-state index >= 15 is 0 Å². The number of rotatable bonds is 5. The Kier molecular flexibility index (Phi) is 4.79. The fraction of sp³-hybridized carbons (Fsp3) is 0.571. The normalized spacial score (nSPS) is 22.3. The van der Waals surface area contributed by atoms with Crippen LogP contribution in [0.3, 0.4) is 0 Å². The van der Waals surface area contributed by atoms with Crippen LogP contribution in [-0.2, 0) is 0 Å². The summed E-state index contributed by atoms with van der Waals surface area (Å²) in [5.41, 5.74) is 0.748. The van der Waals surface area contributed by atoms with Crippen molar-refractivity contribution in [3.63, 3.8) is 0 Å². The number of hydrogen-bond acceptors (Lipinski definition) is 5. The van der Waals surface area contributed by atoms with Crippen LogP contribution < -0.4 is 10.1 Å². The minimum Gasteiger partial charge on any atom is -0.490 e. The van der Waals surface area contributed by atoms with E-state index in [1.807, 2.05) is 0 Å². The minimum absolute atomic E-state index is 0.0413.